The molecule has 5 heteroatoms. The number of H-pyrrole nitrogens is 1. The van der Waals surface area contributed by atoms with E-state index in [0.29, 0.717) is 5.56 Å². The van der Waals surface area contributed by atoms with Gasteiger partial charge >= 0.3 is 0 Å². The fourth-order valence-corrected chi connectivity index (χ4v) is 2.80. The third-order valence-electron chi connectivity index (χ3n) is 3.95. The van der Waals surface area contributed by atoms with Crippen molar-refractivity contribution in [2.45, 2.75) is 19.8 Å². The molecule has 0 unspecified atom stereocenters. The maximum Gasteiger partial charge on any atom is 0.257 e. The van der Waals surface area contributed by atoms with Crippen LogP contribution in [0.1, 0.15) is 28.8 Å². The first-order chi connectivity index (χ1) is 10.6. The zero-order valence-electron chi connectivity index (χ0n) is 12.6. The molecule has 0 atom stereocenters. The second-order valence-electron chi connectivity index (χ2n) is 5.59. The van der Waals surface area contributed by atoms with E-state index in [0.717, 1.165) is 24.3 Å². The van der Waals surface area contributed by atoms with Crippen LogP contribution in [-0.2, 0) is 0 Å². The number of aryl methyl sites for hydroxylation is 1. The lowest BCUT2D eigenvalue weighted by atomic mass is 10.1. The predicted octanol–water partition coefficient (Wildman–Crippen LogP) is 2.54. The van der Waals surface area contributed by atoms with Gasteiger partial charge in [0, 0.05) is 36.7 Å². The lowest BCUT2D eigenvalue weighted by molar-refractivity contribution is 0.102. The smallest absolute Gasteiger partial charge is 0.257 e. The molecule has 0 bridgehead atoms. The van der Waals surface area contributed by atoms with Crippen molar-refractivity contribution in [1.29, 1.82) is 0 Å². The monoisotopic (exact) mass is 297 g/mol. The number of pyridine rings is 1. The van der Waals surface area contributed by atoms with Crippen LogP contribution in [0.5, 0.6) is 0 Å². The van der Waals surface area contributed by atoms with E-state index in [2.05, 4.69) is 28.2 Å². The molecule has 0 radical (unpaired) electrons. The van der Waals surface area contributed by atoms with Crippen LogP contribution in [0.15, 0.2) is 41.3 Å². The van der Waals surface area contributed by atoms with Gasteiger partial charge in [-0.15, -0.1) is 0 Å². The number of aromatic nitrogens is 1. The summed E-state index contributed by atoms with van der Waals surface area (Å²) in [4.78, 5) is 28.0. The Kier molecular flexibility index (Phi) is 3.96. The molecule has 22 heavy (non-hydrogen) atoms. The van der Waals surface area contributed by atoms with Gasteiger partial charge in [-0.1, -0.05) is 0 Å². The molecule has 1 aromatic carbocycles. The Morgan fingerprint density at radius 2 is 1.95 bits per heavy atom. The van der Waals surface area contributed by atoms with Crippen molar-refractivity contribution < 1.29 is 4.79 Å². The summed E-state index contributed by atoms with van der Waals surface area (Å²) in [7, 11) is 0. The topological polar surface area (TPSA) is 65.2 Å². The molecule has 2 heterocycles. The summed E-state index contributed by atoms with van der Waals surface area (Å²) in [6, 6.07) is 8.82. The number of nitrogens with zero attached hydrogens (tertiary/aromatic N) is 1. The lowest BCUT2D eigenvalue weighted by Crippen LogP contribution is -2.19. The number of carbonyl (C=O) groups is 1. The molecule has 5 nitrogen and oxygen atoms in total. The van der Waals surface area contributed by atoms with E-state index in [1.165, 1.54) is 36.9 Å². The van der Waals surface area contributed by atoms with Crippen LogP contribution in [0.4, 0.5) is 11.4 Å². The minimum atomic E-state index is -0.232. The van der Waals surface area contributed by atoms with Gasteiger partial charge in [0.1, 0.15) is 0 Å². The number of rotatable bonds is 3. The quantitative estimate of drug-likeness (QED) is 0.915. The second-order valence-corrected chi connectivity index (χ2v) is 5.59. The summed E-state index contributed by atoms with van der Waals surface area (Å²) in [6.45, 7) is 4.26. The van der Waals surface area contributed by atoms with E-state index in [1.807, 2.05) is 12.1 Å². The van der Waals surface area contributed by atoms with Crippen LogP contribution >= 0.6 is 0 Å². The van der Waals surface area contributed by atoms with Gasteiger partial charge in [0.2, 0.25) is 5.56 Å². The fraction of sp³-hybridized carbons (Fsp3) is 0.294. The normalized spacial score (nSPS) is 14.1. The molecule has 1 amide bonds. The first-order valence-corrected chi connectivity index (χ1v) is 7.49. The van der Waals surface area contributed by atoms with Crippen LogP contribution in [-0.4, -0.2) is 24.0 Å². The van der Waals surface area contributed by atoms with E-state index in [1.54, 1.807) is 0 Å². The Morgan fingerprint density at radius 1 is 1.18 bits per heavy atom. The molecule has 1 fully saturated rings. The average molecular weight is 297 g/mol. The molecule has 1 aliphatic rings. The maximum absolute atomic E-state index is 12.1. The van der Waals surface area contributed by atoms with Gasteiger partial charge in [-0.25, -0.2) is 0 Å². The number of amides is 1. The van der Waals surface area contributed by atoms with Crippen LogP contribution in [0.3, 0.4) is 0 Å². The molecule has 1 aromatic heterocycles. The zero-order valence-corrected chi connectivity index (χ0v) is 12.6. The summed E-state index contributed by atoms with van der Waals surface area (Å²) in [6.07, 6.45) is 3.90. The predicted molar refractivity (Wildman–Crippen MR) is 87.6 cm³/mol. The van der Waals surface area contributed by atoms with Crippen molar-refractivity contribution in [2.75, 3.05) is 23.3 Å². The fourth-order valence-electron chi connectivity index (χ4n) is 2.80. The number of carbonyl (C=O) groups excluding carboxylic acids is 1. The van der Waals surface area contributed by atoms with Crippen molar-refractivity contribution in [1.82, 2.24) is 4.98 Å². The standard InChI is InChI=1S/C17H19N3O2/c1-12-10-14(5-6-15(12)20-8-2-3-9-20)19-17(22)13-4-7-16(21)18-11-13/h4-7,10-11H,2-3,8-9H2,1H3,(H,18,21)(H,19,22). The third-order valence-corrected chi connectivity index (χ3v) is 3.95. The van der Waals surface area contributed by atoms with Gasteiger partial charge in [-0.2, -0.15) is 0 Å². The molecular formula is C17H19N3O2. The Morgan fingerprint density at radius 3 is 2.59 bits per heavy atom. The minimum absolute atomic E-state index is 0.220. The van der Waals surface area contributed by atoms with Gasteiger partial charge in [-0.3, -0.25) is 9.59 Å². The number of benzene rings is 1. The van der Waals surface area contributed by atoms with Gasteiger partial charge < -0.3 is 15.2 Å². The number of anilines is 2. The van der Waals surface area contributed by atoms with E-state index in [4.69, 9.17) is 0 Å². The molecule has 1 aliphatic heterocycles. The first-order valence-electron chi connectivity index (χ1n) is 7.49. The second kappa shape index (κ2) is 6.05. The van der Waals surface area contributed by atoms with E-state index >= 15 is 0 Å². The molecule has 2 aromatic rings. The van der Waals surface area contributed by atoms with Crippen molar-refractivity contribution in [3.8, 4) is 0 Å². The number of nitrogens with one attached hydrogen (secondary N) is 2. The lowest BCUT2D eigenvalue weighted by Gasteiger charge is -2.20. The van der Waals surface area contributed by atoms with Crippen molar-refractivity contribution in [3.05, 3.63) is 58.0 Å². The van der Waals surface area contributed by atoms with Gasteiger partial charge in [0.05, 0.1) is 5.56 Å². The summed E-state index contributed by atoms with van der Waals surface area (Å²) in [5.74, 6) is -0.232. The largest absolute Gasteiger partial charge is 0.371 e. The summed E-state index contributed by atoms with van der Waals surface area (Å²) < 4.78 is 0. The molecule has 114 valence electrons. The molecule has 3 rings (SSSR count). The first kappa shape index (κ1) is 14.4. The Balaban J connectivity index is 1.75. The maximum atomic E-state index is 12.1. The summed E-state index contributed by atoms with van der Waals surface area (Å²) in [5.41, 5.74) is 3.36. The average Bonchev–Trinajstić information content (AvgIpc) is 3.02. The molecule has 0 spiro atoms. The van der Waals surface area contributed by atoms with Gasteiger partial charge in [0.15, 0.2) is 0 Å². The summed E-state index contributed by atoms with van der Waals surface area (Å²) in [5, 5.41) is 2.86. The SMILES string of the molecule is Cc1cc(NC(=O)c2ccc(=O)[nH]c2)ccc1N1CCCC1. The molecule has 1 saturated heterocycles. The van der Waals surface area contributed by atoms with E-state index < -0.39 is 0 Å². The number of hydrogen-bond acceptors (Lipinski definition) is 3. The highest BCUT2D eigenvalue weighted by atomic mass is 16.1. The highest BCUT2D eigenvalue weighted by Crippen LogP contribution is 2.26. The van der Waals surface area contributed by atoms with Crippen molar-refractivity contribution >= 4 is 17.3 Å². The number of hydrogen-bond donors (Lipinski definition) is 2. The van der Waals surface area contributed by atoms with Crippen molar-refractivity contribution in [3.63, 3.8) is 0 Å². The molecule has 2 N–H and O–H groups in total. The van der Waals surface area contributed by atoms with Gasteiger partial charge in [-0.05, 0) is 49.6 Å². The Bertz CT molecular complexity index is 725. The Hall–Kier alpha value is -2.56. The van der Waals surface area contributed by atoms with Crippen molar-refractivity contribution in [2.24, 2.45) is 0 Å². The van der Waals surface area contributed by atoms with E-state index in [-0.39, 0.29) is 11.5 Å². The van der Waals surface area contributed by atoms with Crippen LogP contribution in [0.2, 0.25) is 0 Å². The zero-order chi connectivity index (χ0) is 15.5. The number of aromatic amines is 1. The highest BCUT2D eigenvalue weighted by Gasteiger charge is 2.15. The molecule has 0 aliphatic carbocycles. The third kappa shape index (κ3) is 3.03. The summed E-state index contributed by atoms with van der Waals surface area (Å²) >= 11 is 0. The molecular weight excluding hydrogens is 278 g/mol. The van der Waals surface area contributed by atoms with Gasteiger partial charge in [0.25, 0.3) is 5.91 Å². The van der Waals surface area contributed by atoms with E-state index in [9.17, 15) is 9.59 Å². The van der Waals surface area contributed by atoms with Crippen LogP contribution in [0.25, 0.3) is 0 Å². The van der Waals surface area contributed by atoms with Crippen LogP contribution in [0, 0.1) is 6.92 Å². The minimum Gasteiger partial charge on any atom is -0.371 e. The highest BCUT2D eigenvalue weighted by molar-refractivity contribution is 6.04. The van der Waals surface area contributed by atoms with Crippen LogP contribution < -0.4 is 15.8 Å². The Labute approximate surface area is 129 Å². The molecule has 0 saturated carbocycles.